The molecular formula is C23H37IN6OS. The summed E-state index contributed by atoms with van der Waals surface area (Å²) in [4.78, 5) is 7.02. The number of guanidine groups is 1. The number of nitrogens with zero attached hydrogens (tertiary/aromatic N) is 5. The molecule has 1 aliphatic rings. The topological polar surface area (TPSA) is 67.6 Å². The molecule has 2 aromatic rings. The zero-order chi connectivity index (χ0) is 22.1. The molecule has 1 heterocycles. The number of nitrogens with one attached hydrogen (secondary N) is 1. The van der Waals surface area contributed by atoms with Gasteiger partial charge in [-0.2, -0.15) is 0 Å². The molecule has 7 nitrogen and oxygen atoms in total. The molecule has 1 N–H and O–H groups in total. The summed E-state index contributed by atoms with van der Waals surface area (Å²) in [7, 11) is 3.77. The summed E-state index contributed by atoms with van der Waals surface area (Å²) in [6.45, 7) is 4.51. The number of ether oxygens (including phenoxy) is 1. The lowest BCUT2D eigenvalue weighted by Gasteiger charge is -2.22. The highest BCUT2D eigenvalue weighted by atomic mass is 127. The first kappa shape index (κ1) is 26.8. The Bertz CT molecular complexity index is 836. The van der Waals surface area contributed by atoms with Crippen molar-refractivity contribution in [3.8, 4) is 5.75 Å². The number of thioether (sulfide) groups is 1. The largest absolute Gasteiger partial charge is 0.497 e. The third-order valence-corrected chi connectivity index (χ3v) is 6.35. The van der Waals surface area contributed by atoms with Gasteiger partial charge in [0.05, 0.1) is 7.11 Å². The van der Waals surface area contributed by atoms with Crippen LogP contribution in [0, 0.1) is 0 Å². The number of aromatic nitrogens is 3. The number of aliphatic imine (C=N–C) groups is 1. The van der Waals surface area contributed by atoms with Gasteiger partial charge in [-0.05, 0) is 50.1 Å². The molecule has 178 valence electrons. The molecule has 1 aliphatic carbocycles. The summed E-state index contributed by atoms with van der Waals surface area (Å²) in [6, 6.07) is 8.76. The average molecular weight is 573 g/mol. The molecule has 0 amide bonds. The smallest absolute Gasteiger partial charge is 0.193 e. The van der Waals surface area contributed by atoms with E-state index in [4.69, 9.17) is 9.73 Å². The standard InChI is InChI=1S/C23H36N6OS.HI/c1-5-24-22(28(2)17-18-12-14-20(30-3)15-13-18)25-16-8-11-21-26-27-23(31-4)29(21)19-9-6-7-10-19;/h12-15,19H,5-11,16-17H2,1-4H3,(H,24,25);1H. The lowest BCUT2D eigenvalue weighted by molar-refractivity contribution is 0.414. The van der Waals surface area contributed by atoms with Crippen LogP contribution >= 0.6 is 35.7 Å². The number of hydrogen-bond acceptors (Lipinski definition) is 5. The molecule has 0 aliphatic heterocycles. The third-order valence-electron chi connectivity index (χ3n) is 5.70. The van der Waals surface area contributed by atoms with Crippen molar-refractivity contribution in [1.82, 2.24) is 25.0 Å². The summed E-state index contributed by atoms with van der Waals surface area (Å²) in [5.41, 5.74) is 1.23. The van der Waals surface area contributed by atoms with E-state index in [0.717, 1.165) is 55.2 Å². The summed E-state index contributed by atoms with van der Waals surface area (Å²) in [5, 5.41) is 13.4. The summed E-state index contributed by atoms with van der Waals surface area (Å²) in [6.07, 6.45) is 9.08. The summed E-state index contributed by atoms with van der Waals surface area (Å²) >= 11 is 1.70. The molecule has 0 saturated heterocycles. The van der Waals surface area contributed by atoms with Crippen molar-refractivity contribution in [2.75, 3.05) is 33.5 Å². The van der Waals surface area contributed by atoms with Gasteiger partial charge in [-0.15, -0.1) is 34.2 Å². The first-order valence-corrected chi connectivity index (χ1v) is 12.5. The maximum absolute atomic E-state index is 5.25. The molecule has 0 radical (unpaired) electrons. The van der Waals surface area contributed by atoms with E-state index in [0.29, 0.717) is 6.04 Å². The van der Waals surface area contributed by atoms with E-state index in [-0.39, 0.29) is 24.0 Å². The van der Waals surface area contributed by atoms with Crippen molar-refractivity contribution in [3.05, 3.63) is 35.7 Å². The Balaban J connectivity index is 0.00000363. The fraction of sp³-hybridized carbons (Fsp3) is 0.609. The minimum absolute atomic E-state index is 0. The summed E-state index contributed by atoms with van der Waals surface area (Å²) in [5.74, 6) is 2.92. The van der Waals surface area contributed by atoms with Gasteiger partial charge in [-0.1, -0.05) is 36.7 Å². The lowest BCUT2D eigenvalue weighted by atomic mass is 10.2. The van der Waals surface area contributed by atoms with E-state index in [1.807, 2.05) is 12.1 Å². The highest BCUT2D eigenvalue weighted by Gasteiger charge is 2.23. The third kappa shape index (κ3) is 7.26. The number of hydrogen-bond donors (Lipinski definition) is 1. The Labute approximate surface area is 213 Å². The molecule has 1 saturated carbocycles. The van der Waals surface area contributed by atoms with Crippen LogP contribution in [0.2, 0.25) is 0 Å². The highest BCUT2D eigenvalue weighted by Crippen LogP contribution is 2.33. The minimum atomic E-state index is 0. The molecule has 0 unspecified atom stereocenters. The van der Waals surface area contributed by atoms with Crippen LogP contribution in [0.1, 0.15) is 56.5 Å². The highest BCUT2D eigenvalue weighted by molar-refractivity contribution is 14.0. The predicted molar refractivity (Wildman–Crippen MR) is 143 cm³/mol. The zero-order valence-corrected chi connectivity index (χ0v) is 22.9. The van der Waals surface area contributed by atoms with E-state index in [1.165, 1.54) is 31.2 Å². The van der Waals surface area contributed by atoms with E-state index in [2.05, 4.69) is 57.3 Å². The molecule has 9 heteroatoms. The maximum Gasteiger partial charge on any atom is 0.193 e. The second-order valence-corrected chi connectivity index (χ2v) is 8.73. The fourth-order valence-electron chi connectivity index (χ4n) is 4.12. The quantitative estimate of drug-likeness (QED) is 0.146. The van der Waals surface area contributed by atoms with E-state index in [9.17, 15) is 0 Å². The second-order valence-electron chi connectivity index (χ2n) is 7.95. The van der Waals surface area contributed by atoms with Crippen LogP contribution in [-0.2, 0) is 13.0 Å². The van der Waals surface area contributed by atoms with Crippen LogP contribution in [0.4, 0.5) is 0 Å². The predicted octanol–water partition coefficient (Wildman–Crippen LogP) is 4.77. The molecule has 0 atom stereocenters. The SMILES string of the molecule is CCNC(=NCCCc1nnc(SC)n1C1CCCC1)N(C)Cc1ccc(OC)cc1.I. The Kier molecular flexibility index (Phi) is 11.6. The van der Waals surface area contributed by atoms with Crippen molar-refractivity contribution in [1.29, 1.82) is 0 Å². The van der Waals surface area contributed by atoms with Crippen LogP contribution < -0.4 is 10.1 Å². The van der Waals surface area contributed by atoms with Crippen LogP contribution in [0.15, 0.2) is 34.4 Å². The summed E-state index contributed by atoms with van der Waals surface area (Å²) < 4.78 is 7.64. The molecule has 0 spiro atoms. The van der Waals surface area contributed by atoms with Gasteiger partial charge in [0.1, 0.15) is 11.6 Å². The monoisotopic (exact) mass is 572 g/mol. The number of methoxy groups -OCH3 is 1. The average Bonchev–Trinajstić information content (AvgIpc) is 3.45. The molecule has 0 bridgehead atoms. The molecule has 1 aromatic heterocycles. The first-order valence-electron chi connectivity index (χ1n) is 11.3. The fourth-order valence-corrected chi connectivity index (χ4v) is 4.69. The Morgan fingerprint density at radius 1 is 1.25 bits per heavy atom. The van der Waals surface area contributed by atoms with Crippen LogP contribution in [0.5, 0.6) is 5.75 Å². The van der Waals surface area contributed by atoms with Gasteiger partial charge in [0.15, 0.2) is 11.1 Å². The van der Waals surface area contributed by atoms with Crippen molar-refractivity contribution in [3.63, 3.8) is 0 Å². The van der Waals surface area contributed by atoms with Crippen LogP contribution in [0.3, 0.4) is 0 Å². The van der Waals surface area contributed by atoms with Gasteiger partial charge in [-0.25, -0.2) is 0 Å². The zero-order valence-electron chi connectivity index (χ0n) is 19.7. The van der Waals surface area contributed by atoms with Crippen LogP contribution in [-0.4, -0.2) is 59.1 Å². The van der Waals surface area contributed by atoms with Gasteiger partial charge < -0.3 is 19.5 Å². The lowest BCUT2D eigenvalue weighted by Crippen LogP contribution is -2.38. The Morgan fingerprint density at radius 3 is 2.59 bits per heavy atom. The molecule has 32 heavy (non-hydrogen) atoms. The van der Waals surface area contributed by atoms with Crippen molar-refractivity contribution < 1.29 is 4.74 Å². The van der Waals surface area contributed by atoms with Crippen molar-refractivity contribution >= 4 is 41.7 Å². The first-order chi connectivity index (χ1) is 15.2. The van der Waals surface area contributed by atoms with E-state index in [1.54, 1.807) is 18.9 Å². The van der Waals surface area contributed by atoms with Gasteiger partial charge in [0.2, 0.25) is 0 Å². The number of rotatable bonds is 10. The number of benzene rings is 1. The van der Waals surface area contributed by atoms with Crippen molar-refractivity contribution in [2.45, 2.75) is 63.2 Å². The molecule has 1 aromatic carbocycles. The van der Waals surface area contributed by atoms with Crippen molar-refractivity contribution in [2.24, 2.45) is 4.99 Å². The van der Waals surface area contributed by atoms with Gasteiger partial charge in [0.25, 0.3) is 0 Å². The number of halogens is 1. The van der Waals surface area contributed by atoms with Gasteiger partial charge >= 0.3 is 0 Å². The van der Waals surface area contributed by atoms with E-state index < -0.39 is 0 Å². The number of aryl methyl sites for hydroxylation is 1. The van der Waals surface area contributed by atoms with Gasteiger partial charge in [-0.3, -0.25) is 4.99 Å². The minimum Gasteiger partial charge on any atom is -0.497 e. The second kappa shape index (κ2) is 13.9. The molecule has 3 rings (SSSR count). The van der Waals surface area contributed by atoms with E-state index >= 15 is 0 Å². The molecule has 1 fully saturated rings. The van der Waals surface area contributed by atoms with Gasteiger partial charge in [0, 0.05) is 39.1 Å². The Hall–Kier alpha value is -1.49. The Morgan fingerprint density at radius 2 is 1.97 bits per heavy atom. The maximum atomic E-state index is 5.25. The molecular weight excluding hydrogens is 535 g/mol. The van der Waals surface area contributed by atoms with Crippen LogP contribution in [0.25, 0.3) is 0 Å². The normalized spacial score (nSPS) is 14.3.